The van der Waals surface area contributed by atoms with Gasteiger partial charge in [-0.25, -0.2) is 0 Å². The van der Waals surface area contributed by atoms with Gasteiger partial charge in [-0.1, -0.05) is 24.3 Å². The van der Waals surface area contributed by atoms with Gasteiger partial charge < -0.3 is 18.9 Å². The minimum absolute atomic E-state index is 0.125. The van der Waals surface area contributed by atoms with Crippen molar-refractivity contribution in [2.24, 2.45) is 11.8 Å². The molecule has 4 unspecified atom stereocenters. The Morgan fingerprint density at radius 1 is 0.676 bits per heavy atom. The van der Waals surface area contributed by atoms with Crippen LogP contribution in [0.15, 0.2) is 48.5 Å². The summed E-state index contributed by atoms with van der Waals surface area (Å²) in [6.07, 6.45) is 8.86. The second-order valence-corrected chi connectivity index (χ2v) is 12.0. The highest BCUT2D eigenvalue weighted by Gasteiger charge is 2.58. The highest BCUT2D eigenvalue weighted by atomic mass is 16.6. The molecule has 4 aliphatic carbocycles. The van der Waals surface area contributed by atoms with Gasteiger partial charge in [0.05, 0.1) is 13.2 Å². The standard InChI is InChI=1S/C30H36O4/c1-19(27-16-31-27)33-25-7-3-23(4-8-25)29-12-21-11-22(13-29)15-30(14-21,18-29)24-5-9-26(10-6-24)34-20(2)28-17-32-28/h3-10,19-22,27-28H,11-18H2,1-2H3. The van der Waals surface area contributed by atoms with Gasteiger partial charge in [0.1, 0.15) is 35.9 Å². The monoisotopic (exact) mass is 460 g/mol. The van der Waals surface area contributed by atoms with Gasteiger partial charge in [0, 0.05) is 0 Å². The Labute approximate surface area is 202 Å². The Hall–Kier alpha value is -2.04. The molecule has 0 radical (unpaired) electrons. The first-order valence-electron chi connectivity index (χ1n) is 13.3. The number of ether oxygens (including phenoxy) is 4. The summed E-state index contributed by atoms with van der Waals surface area (Å²) >= 11 is 0. The van der Waals surface area contributed by atoms with Gasteiger partial charge in [0.25, 0.3) is 0 Å². The van der Waals surface area contributed by atoms with Crippen LogP contribution in [0, 0.1) is 11.8 Å². The zero-order valence-electron chi connectivity index (χ0n) is 20.4. The fourth-order valence-electron chi connectivity index (χ4n) is 7.95. The average molecular weight is 461 g/mol. The third-order valence-electron chi connectivity index (χ3n) is 9.40. The van der Waals surface area contributed by atoms with E-state index in [2.05, 4.69) is 62.4 Å². The fraction of sp³-hybridized carbons (Fsp3) is 0.600. The quantitative estimate of drug-likeness (QED) is 0.467. The van der Waals surface area contributed by atoms with Gasteiger partial charge >= 0.3 is 0 Å². The molecule has 4 heteroatoms. The lowest BCUT2D eigenvalue weighted by molar-refractivity contribution is -0.0281. The van der Waals surface area contributed by atoms with Crippen LogP contribution in [0.25, 0.3) is 0 Å². The van der Waals surface area contributed by atoms with Gasteiger partial charge in [0.15, 0.2) is 0 Å². The van der Waals surface area contributed by atoms with Gasteiger partial charge in [-0.05, 0) is 110 Å². The van der Waals surface area contributed by atoms with Crippen LogP contribution in [0.1, 0.15) is 63.5 Å². The van der Waals surface area contributed by atoms with E-state index < -0.39 is 0 Å². The van der Waals surface area contributed by atoms with Crippen LogP contribution in [0.5, 0.6) is 11.5 Å². The minimum atomic E-state index is 0.125. The average Bonchev–Trinajstić information content (AvgIpc) is 3.72. The topological polar surface area (TPSA) is 43.5 Å². The van der Waals surface area contributed by atoms with Crippen molar-refractivity contribution in [2.75, 3.05) is 13.2 Å². The molecule has 2 aliphatic heterocycles. The third-order valence-corrected chi connectivity index (χ3v) is 9.40. The summed E-state index contributed by atoms with van der Waals surface area (Å²) in [7, 11) is 0. The van der Waals surface area contributed by atoms with E-state index in [1.807, 2.05) is 0 Å². The lowest BCUT2D eigenvalue weighted by Crippen LogP contribution is -2.55. The van der Waals surface area contributed by atoms with E-state index in [1.54, 1.807) is 0 Å². The predicted octanol–water partition coefficient (Wildman–Crippen LogP) is 5.81. The summed E-state index contributed by atoms with van der Waals surface area (Å²) in [5.41, 5.74) is 3.65. The number of hydrogen-bond donors (Lipinski definition) is 0. The number of rotatable bonds is 8. The molecule has 4 atom stereocenters. The molecule has 2 aromatic rings. The van der Waals surface area contributed by atoms with E-state index in [4.69, 9.17) is 18.9 Å². The summed E-state index contributed by atoms with van der Waals surface area (Å²) in [5, 5.41) is 0. The summed E-state index contributed by atoms with van der Waals surface area (Å²) in [6, 6.07) is 18.2. The van der Waals surface area contributed by atoms with Crippen LogP contribution in [0.3, 0.4) is 0 Å². The molecular formula is C30H36O4. The van der Waals surface area contributed by atoms with Crippen molar-refractivity contribution in [3.8, 4) is 11.5 Å². The van der Waals surface area contributed by atoms with Crippen LogP contribution in [-0.2, 0) is 20.3 Å². The molecule has 0 aromatic heterocycles. The van der Waals surface area contributed by atoms with Crippen molar-refractivity contribution in [1.29, 1.82) is 0 Å². The molecule has 8 rings (SSSR count). The van der Waals surface area contributed by atoms with Gasteiger partial charge in [-0.3, -0.25) is 0 Å². The van der Waals surface area contributed by atoms with Crippen molar-refractivity contribution < 1.29 is 18.9 Å². The van der Waals surface area contributed by atoms with Gasteiger partial charge in [-0.2, -0.15) is 0 Å². The highest BCUT2D eigenvalue weighted by Crippen LogP contribution is 2.66. The zero-order valence-corrected chi connectivity index (χ0v) is 20.4. The third kappa shape index (κ3) is 3.74. The predicted molar refractivity (Wildman–Crippen MR) is 131 cm³/mol. The molecule has 0 N–H and O–H groups in total. The van der Waals surface area contributed by atoms with Crippen molar-refractivity contribution in [2.45, 2.75) is 87.6 Å². The molecule has 4 saturated carbocycles. The minimum Gasteiger partial charge on any atom is -0.488 e. The smallest absolute Gasteiger partial charge is 0.124 e. The Balaban J connectivity index is 1.13. The van der Waals surface area contributed by atoms with Crippen molar-refractivity contribution in [3.05, 3.63) is 59.7 Å². The maximum absolute atomic E-state index is 6.11. The second-order valence-electron chi connectivity index (χ2n) is 12.0. The van der Waals surface area contributed by atoms with E-state index >= 15 is 0 Å². The largest absolute Gasteiger partial charge is 0.488 e. The van der Waals surface area contributed by atoms with Gasteiger partial charge in [0.2, 0.25) is 0 Å². The number of benzene rings is 2. The first-order chi connectivity index (χ1) is 16.5. The molecule has 2 aromatic carbocycles. The molecule has 4 nitrogen and oxygen atoms in total. The lowest BCUT2D eigenvalue weighted by atomic mass is 9.42. The molecule has 2 heterocycles. The Morgan fingerprint density at radius 3 is 1.41 bits per heavy atom. The van der Waals surface area contributed by atoms with Crippen molar-refractivity contribution in [3.63, 3.8) is 0 Å². The van der Waals surface area contributed by atoms with Crippen LogP contribution >= 0.6 is 0 Å². The van der Waals surface area contributed by atoms with Crippen LogP contribution in [0.2, 0.25) is 0 Å². The van der Waals surface area contributed by atoms with Gasteiger partial charge in [-0.15, -0.1) is 0 Å². The first kappa shape index (κ1) is 21.3. The fourth-order valence-corrected chi connectivity index (χ4v) is 7.95. The maximum atomic E-state index is 6.11. The molecule has 180 valence electrons. The van der Waals surface area contributed by atoms with E-state index in [0.717, 1.165) is 36.5 Å². The molecule has 34 heavy (non-hydrogen) atoms. The van der Waals surface area contributed by atoms with Crippen LogP contribution in [-0.4, -0.2) is 37.6 Å². The van der Waals surface area contributed by atoms with E-state index in [-0.39, 0.29) is 24.4 Å². The SMILES string of the molecule is CC(Oc1ccc(C23CC4CC(C2)CC(c2ccc(OC(C)C5CO5)cc2)(C4)C3)cc1)C1CO1. The summed E-state index contributed by atoms with van der Waals surface area (Å²) in [6.45, 7) is 5.86. The van der Waals surface area contributed by atoms with Crippen molar-refractivity contribution >= 4 is 0 Å². The number of hydrogen-bond acceptors (Lipinski definition) is 4. The highest BCUT2D eigenvalue weighted by molar-refractivity contribution is 5.41. The molecule has 6 aliphatic rings. The van der Waals surface area contributed by atoms with E-state index in [9.17, 15) is 0 Å². The van der Waals surface area contributed by atoms with Crippen molar-refractivity contribution in [1.82, 2.24) is 0 Å². The summed E-state index contributed by atoms with van der Waals surface area (Å²) in [4.78, 5) is 0. The van der Waals surface area contributed by atoms with E-state index in [0.29, 0.717) is 10.8 Å². The zero-order chi connectivity index (χ0) is 22.9. The summed E-state index contributed by atoms with van der Waals surface area (Å²) in [5.74, 6) is 3.61. The Morgan fingerprint density at radius 2 is 1.06 bits per heavy atom. The maximum Gasteiger partial charge on any atom is 0.124 e. The Kier molecular flexibility index (Phi) is 4.83. The summed E-state index contributed by atoms with van der Waals surface area (Å²) < 4.78 is 23.0. The molecular weight excluding hydrogens is 424 g/mol. The Bertz CT molecular complexity index is 941. The molecule has 0 amide bonds. The van der Waals surface area contributed by atoms with Crippen LogP contribution in [0.4, 0.5) is 0 Å². The normalized spacial score (nSPS) is 38.9. The second kappa shape index (κ2) is 7.73. The van der Waals surface area contributed by atoms with Crippen LogP contribution < -0.4 is 9.47 Å². The van der Waals surface area contributed by atoms with E-state index in [1.165, 1.54) is 49.7 Å². The molecule has 6 fully saturated rings. The first-order valence-corrected chi connectivity index (χ1v) is 13.3. The molecule has 4 bridgehead atoms. The molecule has 2 saturated heterocycles. The number of epoxide rings is 2. The molecule has 0 spiro atoms. The lowest BCUT2D eigenvalue weighted by Gasteiger charge is -2.62.